The van der Waals surface area contributed by atoms with Crippen LogP contribution in [-0.4, -0.2) is 27.8 Å². The molecular weight excluding hydrogens is 378 g/mol. The number of anilines is 1. The second-order valence-electron chi connectivity index (χ2n) is 6.67. The van der Waals surface area contributed by atoms with Crippen LogP contribution in [0, 0.1) is 5.92 Å². The van der Waals surface area contributed by atoms with Crippen LogP contribution in [0.3, 0.4) is 0 Å². The summed E-state index contributed by atoms with van der Waals surface area (Å²) in [6.45, 7) is 2.28. The lowest BCUT2D eigenvalue weighted by molar-refractivity contribution is -0.149. The van der Waals surface area contributed by atoms with Gasteiger partial charge in [0.25, 0.3) is 5.56 Å². The molecule has 0 radical (unpaired) electrons. The molecule has 144 valence electrons. The van der Waals surface area contributed by atoms with E-state index in [1.54, 1.807) is 16.5 Å². The minimum atomic E-state index is -0.523. The zero-order valence-electron chi connectivity index (χ0n) is 15.3. The number of aromatic nitrogens is 2. The summed E-state index contributed by atoms with van der Waals surface area (Å²) < 4.78 is 6.78. The van der Waals surface area contributed by atoms with E-state index in [-0.39, 0.29) is 24.5 Å². The van der Waals surface area contributed by atoms with Gasteiger partial charge in [0.2, 0.25) is 5.91 Å². The Hall–Kier alpha value is -3.00. The normalized spacial score (nSPS) is 16.7. The van der Waals surface area contributed by atoms with E-state index in [2.05, 4.69) is 11.9 Å². The maximum Gasteiger partial charge on any atom is 0.311 e. The summed E-state index contributed by atoms with van der Waals surface area (Å²) >= 11 is 1.34. The van der Waals surface area contributed by atoms with E-state index in [9.17, 15) is 14.4 Å². The Bertz CT molecular complexity index is 1090. The second-order valence-corrected chi connectivity index (χ2v) is 7.55. The molecule has 1 amide bonds. The molecule has 0 N–H and O–H groups in total. The first-order valence-electron chi connectivity index (χ1n) is 9.07. The number of amides is 1. The van der Waals surface area contributed by atoms with Gasteiger partial charge in [-0.05, 0) is 24.1 Å². The van der Waals surface area contributed by atoms with E-state index in [1.165, 1.54) is 27.4 Å². The van der Waals surface area contributed by atoms with Crippen LogP contribution < -0.4 is 10.5 Å². The Labute approximate surface area is 165 Å². The van der Waals surface area contributed by atoms with Crippen LogP contribution >= 0.6 is 11.3 Å². The average molecular weight is 397 g/mol. The third-order valence-electron chi connectivity index (χ3n) is 4.83. The van der Waals surface area contributed by atoms with E-state index >= 15 is 0 Å². The van der Waals surface area contributed by atoms with Gasteiger partial charge in [0.05, 0.1) is 11.6 Å². The average Bonchev–Trinajstić information content (AvgIpc) is 3.33. The van der Waals surface area contributed by atoms with Gasteiger partial charge in [-0.1, -0.05) is 19.1 Å². The molecule has 0 aliphatic carbocycles. The van der Waals surface area contributed by atoms with E-state index in [4.69, 9.17) is 4.74 Å². The van der Waals surface area contributed by atoms with Crippen molar-refractivity contribution >= 4 is 33.9 Å². The molecule has 0 unspecified atom stereocenters. The van der Waals surface area contributed by atoms with Crippen LogP contribution in [0.2, 0.25) is 0 Å². The van der Waals surface area contributed by atoms with Crippen molar-refractivity contribution in [3.05, 3.63) is 63.5 Å². The Morgan fingerprint density at radius 2 is 2.07 bits per heavy atom. The molecule has 1 aromatic carbocycles. The van der Waals surface area contributed by atoms with Crippen molar-refractivity contribution in [2.75, 3.05) is 11.4 Å². The molecule has 2 aromatic heterocycles. The molecule has 3 heterocycles. The third kappa shape index (κ3) is 3.55. The SMILES string of the molecule is CCc1ccc(N2C[C@H](C(=O)OCc3cc(=O)n4ccsc4n3)CC2=O)cc1. The fraction of sp³-hybridized carbons (Fsp3) is 0.300. The van der Waals surface area contributed by atoms with E-state index < -0.39 is 11.9 Å². The summed E-state index contributed by atoms with van der Waals surface area (Å²) in [4.78, 5) is 43.2. The van der Waals surface area contributed by atoms with E-state index in [1.807, 2.05) is 24.3 Å². The molecule has 7 nitrogen and oxygen atoms in total. The zero-order chi connectivity index (χ0) is 19.7. The molecular formula is C20H19N3O4S. The molecule has 0 spiro atoms. The Kier molecular flexibility index (Phi) is 4.95. The van der Waals surface area contributed by atoms with Gasteiger partial charge in [-0.3, -0.25) is 18.8 Å². The molecule has 1 saturated heterocycles. The highest BCUT2D eigenvalue weighted by Gasteiger charge is 2.36. The maximum atomic E-state index is 12.4. The molecule has 1 aliphatic heterocycles. The Morgan fingerprint density at radius 1 is 1.29 bits per heavy atom. The number of aryl methyl sites for hydroxylation is 1. The maximum absolute atomic E-state index is 12.4. The van der Waals surface area contributed by atoms with Crippen molar-refractivity contribution in [2.24, 2.45) is 5.92 Å². The lowest BCUT2D eigenvalue weighted by Gasteiger charge is -2.17. The van der Waals surface area contributed by atoms with Crippen molar-refractivity contribution in [1.29, 1.82) is 0 Å². The minimum Gasteiger partial charge on any atom is -0.459 e. The molecule has 8 heteroatoms. The number of fused-ring (bicyclic) bond motifs is 1. The van der Waals surface area contributed by atoms with Crippen LogP contribution in [0.1, 0.15) is 24.6 Å². The Morgan fingerprint density at radius 3 is 2.82 bits per heavy atom. The topological polar surface area (TPSA) is 81.0 Å². The van der Waals surface area contributed by atoms with Gasteiger partial charge >= 0.3 is 5.97 Å². The van der Waals surface area contributed by atoms with Crippen molar-refractivity contribution in [3.63, 3.8) is 0 Å². The third-order valence-corrected chi connectivity index (χ3v) is 5.59. The van der Waals surface area contributed by atoms with Crippen LogP contribution in [0.25, 0.3) is 4.96 Å². The number of esters is 1. The predicted molar refractivity (Wildman–Crippen MR) is 105 cm³/mol. The number of carbonyl (C=O) groups excluding carboxylic acids is 2. The van der Waals surface area contributed by atoms with Crippen LogP contribution in [0.15, 0.2) is 46.7 Å². The fourth-order valence-electron chi connectivity index (χ4n) is 3.25. The summed E-state index contributed by atoms with van der Waals surface area (Å²) in [5.41, 5.74) is 2.17. The van der Waals surface area contributed by atoms with Crippen LogP contribution in [0.5, 0.6) is 0 Å². The van der Waals surface area contributed by atoms with Crippen molar-refractivity contribution in [2.45, 2.75) is 26.4 Å². The summed E-state index contributed by atoms with van der Waals surface area (Å²) in [5, 5.41) is 1.77. The molecule has 4 rings (SSSR count). The monoisotopic (exact) mass is 397 g/mol. The van der Waals surface area contributed by atoms with Gasteiger partial charge in [0, 0.05) is 36.3 Å². The zero-order valence-corrected chi connectivity index (χ0v) is 16.1. The van der Waals surface area contributed by atoms with E-state index in [0.29, 0.717) is 17.2 Å². The number of hydrogen-bond donors (Lipinski definition) is 0. The fourth-order valence-corrected chi connectivity index (χ4v) is 3.99. The highest BCUT2D eigenvalue weighted by Crippen LogP contribution is 2.26. The summed E-state index contributed by atoms with van der Waals surface area (Å²) in [6, 6.07) is 9.13. The number of carbonyl (C=O) groups is 2. The first-order chi connectivity index (χ1) is 13.5. The number of thiazole rings is 1. The van der Waals surface area contributed by atoms with Crippen LogP contribution in [-0.2, 0) is 27.4 Å². The summed E-state index contributed by atoms with van der Waals surface area (Å²) in [6.07, 6.45) is 2.70. The van der Waals surface area contributed by atoms with Gasteiger partial charge in [-0.25, -0.2) is 4.98 Å². The predicted octanol–water partition coefficient (Wildman–Crippen LogP) is 2.41. The lowest BCUT2D eigenvalue weighted by atomic mass is 10.1. The van der Waals surface area contributed by atoms with Gasteiger partial charge in [0.1, 0.15) is 6.61 Å². The highest BCUT2D eigenvalue weighted by molar-refractivity contribution is 7.15. The first-order valence-corrected chi connectivity index (χ1v) is 9.95. The number of benzene rings is 1. The quantitative estimate of drug-likeness (QED) is 0.618. The molecule has 28 heavy (non-hydrogen) atoms. The van der Waals surface area contributed by atoms with Crippen molar-refractivity contribution in [1.82, 2.24) is 9.38 Å². The van der Waals surface area contributed by atoms with Gasteiger partial charge in [-0.15, -0.1) is 11.3 Å². The van der Waals surface area contributed by atoms with Gasteiger partial charge in [-0.2, -0.15) is 0 Å². The van der Waals surface area contributed by atoms with Crippen molar-refractivity contribution < 1.29 is 14.3 Å². The molecule has 3 aromatic rings. The first kappa shape index (κ1) is 18.4. The summed E-state index contributed by atoms with van der Waals surface area (Å²) in [7, 11) is 0. The summed E-state index contributed by atoms with van der Waals surface area (Å²) in [5.74, 6) is -1.07. The molecule has 1 fully saturated rings. The number of hydrogen-bond acceptors (Lipinski definition) is 6. The molecule has 0 saturated carbocycles. The number of rotatable bonds is 5. The highest BCUT2D eigenvalue weighted by atomic mass is 32.1. The standard InChI is InChI=1S/C20H19N3O4S/c1-2-13-3-5-16(6-4-13)23-11-14(9-17(23)24)19(26)27-12-15-10-18(25)22-7-8-28-20(22)21-15/h3-8,10,14H,2,9,11-12H2,1H3/t14-/m1/s1. The Balaban J connectivity index is 1.40. The smallest absolute Gasteiger partial charge is 0.311 e. The number of ether oxygens (including phenoxy) is 1. The van der Waals surface area contributed by atoms with E-state index in [0.717, 1.165) is 12.1 Å². The van der Waals surface area contributed by atoms with Gasteiger partial charge < -0.3 is 9.64 Å². The lowest BCUT2D eigenvalue weighted by Crippen LogP contribution is -2.26. The van der Waals surface area contributed by atoms with Crippen LogP contribution in [0.4, 0.5) is 5.69 Å². The largest absolute Gasteiger partial charge is 0.459 e. The molecule has 1 aliphatic rings. The van der Waals surface area contributed by atoms with Crippen molar-refractivity contribution in [3.8, 4) is 0 Å². The molecule has 1 atom stereocenters. The second kappa shape index (κ2) is 7.55. The number of nitrogens with zero attached hydrogens (tertiary/aromatic N) is 3. The molecule has 0 bridgehead atoms. The van der Waals surface area contributed by atoms with Gasteiger partial charge in [0.15, 0.2) is 4.96 Å². The minimum absolute atomic E-state index is 0.0850.